The van der Waals surface area contributed by atoms with Crippen LogP contribution in [0.15, 0.2) is 12.2 Å². The molecule has 202 valence electrons. The monoisotopic (exact) mass is 554 g/mol. The van der Waals surface area contributed by atoms with E-state index in [9.17, 15) is 88.2 Å². The van der Waals surface area contributed by atoms with Gasteiger partial charge in [-0.3, -0.25) is 0 Å². The second-order valence-corrected chi connectivity index (χ2v) is 6.23. The molecule has 34 heavy (non-hydrogen) atoms. The van der Waals surface area contributed by atoms with Gasteiger partial charge in [0.2, 0.25) is 0 Å². The molecule has 0 aliphatic carbocycles. The van der Waals surface area contributed by atoms with Crippen molar-refractivity contribution in [3.8, 4) is 0 Å². The van der Waals surface area contributed by atoms with E-state index in [-0.39, 0.29) is 6.92 Å². The molecule has 0 N–H and O–H groups in total. The third-order valence-electron chi connectivity index (χ3n) is 3.89. The summed E-state index contributed by atoms with van der Waals surface area (Å²) in [4.78, 5) is 11.1. The van der Waals surface area contributed by atoms with Gasteiger partial charge in [0.05, 0.1) is 0 Å². The Kier molecular flexibility index (Phi) is 7.46. The van der Waals surface area contributed by atoms with Gasteiger partial charge in [0.1, 0.15) is 0 Å². The number of carbonyl (C=O) groups is 1. The van der Waals surface area contributed by atoms with E-state index in [0.717, 1.165) is 0 Å². The molecule has 0 radical (unpaired) electrons. The summed E-state index contributed by atoms with van der Waals surface area (Å²) in [5, 5.41) is 0. The summed E-state index contributed by atoms with van der Waals surface area (Å²) in [5.41, 5.74) is -11.0. The molecule has 0 amide bonds. The van der Waals surface area contributed by atoms with Crippen LogP contribution in [0.1, 0.15) is 6.92 Å². The van der Waals surface area contributed by atoms with Crippen molar-refractivity contribution >= 4 is 5.97 Å². The fourth-order valence-electron chi connectivity index (χ4n) is 2.18. The average molecular weight is 554 g/mol. The molecule has 0 aromatic rings. The zero-order valence-electron chi connectivity index (χ0n) is 15.2. The topological polar surface area (TPSA) is 26.3 Å². The first-order chi connectivity index (χ1) is 14.3. The van der Waals surface area contributed by atoms with E-state index in [1.54, 1.807) is 0 Å². The fraction of sp³-hybridized carbons (Fsp3) is 0.769. The van der Waals surface area contributed by atoms with Crippen molar-refractivity contribution in [3.05, 3.63) is 12.2 Å². The summed E-state index contributed by atoms with van der Waals surface area (Å²) in [6.07, 6.45) is -34.1. The molecule has 0 aliphatic rings. The smallest absolute Gasteiger partial charge is 0.413 e. The van der Waals surface area contributed by atoms with Gasteiger partial charge < -0.3 is 4.74 Å². The van der Waals surface area contributed by atoms with Crippen molar-refractivity contribution in [2.45, 2.75) is 55.3 Å². The van der Waals surface area contributed by atoms with Crippen LogP contribution in [-0.2, 0) is 9.53 Å². The van der Waals surface area contributed by atoms with E-state index in [0.29, 0.717) is 0 Å². The van der Waals surface area contributed by atoms with Gasteiger partial charge in [-0.2, -0.15) is 83.4 Å². The number of alkyl halides is 19. The van der Waals surface area contributed by atoms with Gasteiger partial charge in [-0.05, 0) is 6.92 Å². The summed E-state index contributed by atoms with van der Waals surface area (Å²) in [6.45, 7) is 2.23. The van der Waals surface area contributed by atoms with E-state index in [4.69, 9.17) is 0 Å². The standard InChI is InChI=1S/C13H5F19O2/c1-3(2)4(33)34-9(20,7(16,17)8(18,19)13(30,31)32)6(14,15)5(10(21,22)23,11(24,25)26)12(27,28)29/h1H2,2H3. The highest BCUT2D eigenvalue weighted by molar-refractivity contribution is 5.87. The van der Waals surface area contributed by atoms with E-state index in [1.165, 1.54) is 0 Å². The zero-order valence-corrected chi connectivity index (χ0v) is 15.2. The predicted octanol–water partition coefficient (Wildman–Crippen LogP) is 6.91. The Bertz CT molecular complexity index is 759. The summed E-state index contributed by atoms with van der Waals surface area (Å²) in [6, 6.07) is 0. The maximum atomic E-state index is 14.6. The molecule has 21 heteroatoms. The molecule has 0 fully saturated rings. The van der Waals surface area contributed by atoms with Gasteiger partial charge in [0.25, 0.3) is 0 Å². The van der Waals surface area contributed by atoms with Gasteiger partial charge in [-0.1, -0.05) is 6.58 Å². The zero-order chi connectivity index (χ0) is 28.4. The lowest BCUT2D eigenvalue weighted by molar-refractivity contribution is -0.526. The van der Waals surface area contributed by atoms with Gasteiger partial charge in [-0.15, -0.1) is 0 Å². The van der Waals surface area contributed by atoms with Crippen molar-refractivity contribution in [2.75, 3.05) is 0 Å². The molecule has 0 heterocycles. The Hall–Kier alpha value is -2.12. The highest BCUT2D eigenvalue weighted by Gasteiger charge is 3.02. The number of rotatable bonds is 6. The number of hydrogen-bond donors (Lipinski definition) is 0. The number of ether oxygens (including phenoxy) is 1. The van der Waals surface area contributed by atoms with Crippen LogP contribution >= 0.6 is 0 Å². The normalized spacial score (nSPS) is 17.3. The summed E-state index contributed by atoms with van der Waals surface area (Å²) >= 11 is 0. The molecule has 0 saturated carbocycles. The number of carbonyl (C=O) groups excluding carboxylic acids is 1. The van der Waals surface area contributed by atoms with Crippen LogP contribution < -0.4 is 0 Å². The van der Waals surface area contributed by atoms with Crippen LogP contribution in [0.25, 0.3) is 0 Å². The average Bonchev–Trinajstić information content (AvgIpc) is 2.48. The molecule has 0 rings (SSSR count). The Labute approximate surface area is 173 Å². The van der Waals surface area contributed by atoms with Gasteiger partial charge in [0.15, 0.2) is 0 Å². The number of hydrogen-bond acceptors (Lipinski definition) is 2. The van der Waals surface area contributed by atoms with Crippen LogP contribution in [0.2, 0.25) is 0 Å². The second-order valence-electron chi connectivity index (χ2n) is 6.23. The van der Waals surface area contributed by atoms with Crippen molar-refractivity contribution in [2.24, 2.45) is 5.41 Å². The largest absolute Gasteiger partial charge is 0.460 e. The quantitative estimate of drug-likeness (QED) is 0.203. The molecular formula is C13H5F19O2. The Balaban J connectivity index is 8.09. The molecule has 0 aromatic carbocycles. The maximum Gasteiger partial charge on any atom is 0.460 e. The second kappa shape index (κ2) is 7.95. The molecule has 0 aliphatic heterocycles. The lowest BCUT2D eigenvalue weighted by atomic mass is 9.72. The lowest BCUT2D eigenvalue weighted by Gasteiger charge is -2.49. The number of halogens is 19. The SMILES string of the molecule is C=C(C)C(=O)OC(F)(C(F)(F)C(F)(F)C(F)(F)F)C(F)(F)C(C(F)(F)F)(C(F)(F)F)C(F)(F)F. The third-order valence-corrected chi connectivity index (χ3v) is 3.89. The highest BCUT2D eigenvalue weighted by Crippen LogP contribution is 2.72. The highest BCUT2D eigenvalue weighted by atomic mass is 19.4. The molecule has 0 spiro atoms. The van der Waals surface area contributed by atoms with Crippen molar-refractivity contribution < 1.29 is 92.9 Å². The van der Waals surface area contributed by atoms with E-state index < -0.39 is 65.3 Å². The lowest BCUT2D eigenvalue weighted by Crippen LogP contribution is -2.80. The van der Waals surface area contributed by atoms with Crippen LogP contribution in [0.4, 0.5) is 83.4 Å². The Morgan fingerprint density at radius 1 is 0.529 bits per heavy atom. The molecule has 1 unspecified atom stereocenters. The first-order valence-electron chi connectivity index (χ1n) is 7.31. The predicted molar refractivity (Wildman–Crippen MR) is 66.2 cm³/mol. The number of esters is 1. The van der Waals surface area contributed by atoms with Crippen LogP contribution in [-0.4, -0.2) is 54.3 Å². The van der Waals surface area contributed by atoms with E-state index in [2.05, 4.69) is 11.3 Å². The molecule has 0 aromatic heterocycles. The first kappa shape index (κ1) is 31.9. The van der Waals surface area contributed by atoms with Gasteiger partial charge in [0, 0.05) is 5.57 Å². The molecule has 0 bridgehead atoms. The first-order valence-corrected chi connectivity index (χ1v) is 7.31. The van der Waals surface area contributed by atoms with Gasteiger partial charge in [-0.25, -0.2) is 4.79 Å². The summed E-state index contributed by atoms with van der Waals surface area (Å²) in [7, 11) is 0. The third kappa shape index (κ3) is 4.01. The summed E-state index contributed by atoms with van der Waals surface area (Å²) < 4.78 is 252. The minimum Gasteiger partial charge on any atom is -0.413 e. The minimum atomic E-state index is -9.21. The van der Waals surface area contributed by atoms with Crippen molar-refractivity contribution in [3.63, 3.8) is 0 Å². The Morgan fingerprint density at radius 3 is 1.03 bits per heavy atom. The molecular weight excluding hydrogens is 549 g/mol. The van der Waals surface area contributed by atoms with Crippen molar-refractivity contribution in [1.82, 2.24) is 0 Å². The van der Waals surface area contributed by atoms with Crippen LogP contribution in [0, 0.1) is 5.41 Å². The van der Waals surface area contributed by atoms with Crippen LogP contribution in [0.5, 0.6) is 0 Å². The van der Waals surface area contributed by atoms with Crippen molar-refractivity contribution in [1.29, 1.82) is 0 Å². The fourth-order valence-corrected chi connectivity index (χ4v) is 2.18. The maximum absolute atomic E-state index is 14.6. The van der Waals surface area contributed by atoms with Gasteiger partial charge >= 0.3 is 59.7 Å². The molecule has 0 saturated heterocycles. The summed E-state index contributed by atoms with van der Waals surface area (Å²) in [5.74, 6) is -38.5. The Morgan fingerprint density at radius 2 is 0.824 bits per heavy atom. The molecule has 1 atom stereocenters. The molecule has 2 nitrogen and oxygen atoms in total. The van der Waals surface area contributed by atoms with E-state index in [1.807, 2.05) is 0 Å². The van der Waals surface area contributed by atoms with Crippen LogP contribution in [0.3, 0.4) is 0 Å². The van der Waals surface area contributed by atoms with E-state index >= 15 is 0 Å². The minimum absolute atomic E-state index is 0.0193.